The molecule has 0 radical (unpaired) electrons. The average molecular weight is 483 g/mol. The van der Waals surface area contributed by atoms with Crippen molar-refractivity contribution >= 4 is 15.9 Å². The molecule has 3 saturated heterocycles. The number of sulfonamides is 1. The van der Waals surface area contributed by atoms with E-state index in [-0.39, 0.29) is 23.4 Å². The van der Waals surface area contributed by atoms with Gasteiger partial charge in [0.15, 0.2) is 0 Å². The molecule has 5 aliphatic rings. The fraction of sp³-hybridized carbons (Fsp3) is 0.958. The van der Waals surface area contributed by atoms with Crippen LogP contribution in [-0.2, 0) is 19.6 Å². The Morgan fingerprint density at radius 2 is 1.67 bits per heavy atom. The summed E-state index contributed by atoms with van der Waals surface area (Å²) >= 11 is 0. The van der Waals surface area contributed by atoms with Gasteiger partial charge in [-0.3, -0.25) is 15.4 Å². The van der Waals surface area contributed by atoms with Crippen LogP contribution in [0.5, 0.6) is 0 Å². The van der Waals surface area contributed by atoms with Crippen LogP contribution in [0.15, 0.2) is 0 Å². The van der Waals surface area contributed by atoms with E-state index in [2.05, 4.69) is 16.0 Å². The number of nitrogens with one attached hydrogen (secondary N) is 3. The van der Waals surface area contributed by atoms with Crippen molar-refractivity contribution in [3.8, 4) is 0 Å². The van der Waals surface area contributed by atoms with E-state index in [9.17, 15) is 13.2 Å². The molecule has 2 saturated carbocycles. The molecule has 3 N–H and O–H groups in total. The number of hydrogen-bond acceptors (Lipinski definition) is 6. The van der Waals surface area contributed by atoms with Gasteiger partial charge in [0.05, 0.1) is 11.9 Å². The van der Waals surface area contributed by atoms with E-state index in [0.29, 0.717) is 50.1 Å². The second kappa shape index (κ2) is 10.5. The van der Waals surface area contributed by atoms with Crippen molar-refractivity contribution in [1.82, 2.24) is 20.3 Å². The molecule has 0 spiro atoms. The smallest absolute Gasteiger partial charge is 0.225 e. The number of carbonyl (C=O) groups excluding carboxylic acids is 1. The zero-order chi connectivity index (χ0) is 22.8. The summed E-state index contributed by atoms with van der Waals surface area (Å²) in [4.78, 5) is 12.9. The normalized spacial score (nSPS) is 40.8. The fourth-order valence-electron chi connectivity index (χ4n) is 6.95. The van der Waals surface area contributed by atoms with Gasteiger partial charge >= 0.3 is 0 Å². The van der Waals surface area contributed by atoms with Crippen LogP contribution < -0.4 is 16.0 Å². The predicted molar refractivity (Wildman–Crippen MR) is 127 cm³/mol. The molecule has 9 heteroatoms. The van der Waals surface area contributed by atoms with E-state index in [1.165, 1.54) is 25.7 Å². The van der Waals surface area contributed by atoms with Gasteiger partial charge in [0.1, 0.15) is 6.29 Å². The molecule has 1 amide bonds. The van der Waals surface area contributed by atoms with E-state index in [1.54, 1.807) is 4.31 Å². The molecule has 5 fully saturated rings. The molecule has 5 atom stereocenters. The molecule has 5 rings (SSSR count). The molecular weight excluding hydrogens is 440 g/mol. The summed E-state index contributed by atoms with van der Waals surface area (Å²) in [5.74, 6) is 1.72. The fourth-order valence-corrected chi connectivity index (χ4v) is 9.00. The largest absolute Gasteiger partial charge is 0.381 e. The highest BCUT2D eigenvalue weighted by molar-refractivity contribution is 7.89. The zero-order valence-electron chi connectivity index (χ0n) is 19.8. The van der Waals surface area contributed by atoms with E-state index in [0.717, 1.165) is 51.5 Å². The van der Waals surface area contributed by atoms with Crippen LogP contribution >= 0.6 is 0 Å². The molecule has 0 bridgehead atoms. The highest BCUT2D eigenvalue weighted by atomic mass is 32.2. The van der Waals surface area contributed by atoms with Crippen molar-refractivity contribution in [2.45, 2.75) is 88.2 Å². The predicted octanol–water partition coefficient (Wildman–Crippen LogP) is 1.77. The van der Waals surface area contributed by atoms with E-state index >= 15 is 0 Å². The molecule has 3 aliphatic heterocycles. The molecule has 2 aliphatic carbocycles. The van der Waals surface area contributed by atoms with Crippen molar-refractivity contribution in [3.05, 3.63) is 0 Å². The highest BCUT2D eigenvalue weighted by Crippen LogP contribution is 2.39. The number of amides is 1. The summed E-state index contributed by atoms with van der Waals surface area (Å²) in [6.07, 6.45) is 10.6. The third-order valence-electron chi connectivity index (χ3n) is 9.05. The standard InChI is InChI=1S/C24H42N4O4S/c29-23(27-24-25-14-22(26-24)20-6-3-13-32-16-20)18-7-9-21(10-8-18)33(30,31)28-12-11-17-4-1-2-5-19(17)15-28/h17-22,24-26H,1-16H2,(H,27,29). The summed E-state index contributed by atoms with van der Waals surface area (Å²) in [6.45, 7) is 3.89. The van der Waals surface area contributed by atoms with Gasteiger partial charge in [-0.1, -0.05) is 19.3 Å². The maximum Gasteiger partial charge on any atom is 0.225 e. The topological polar surface area (TPSA) is 99.8 Å². The summed E-state index contributed by atoms with van der Waals surface area (Å²) in [7, 11) is -3.26. The van der Waals surface area contributed by atoms with Gasteiger partial charge in [0.2, 0.25) is 15.9 Å². The maximum atomic E-state index is 13.4. The van der Waals surface area contributed by atoms with Crippen LogP contribution in [0.25, 0.3) is 0 Å². The molecule has 5 unspecified atom stereocenters. The van der Waals surface area contributed by atoms with Crippen LogP contribution in [-0.4, -0.2) is 69.1 Å². The number of piperidine rings is 1. The van der Waals surface area contributed by atoms with Crippen molar-refractivity contribution in [2.24, 2.45) is 23.7 Å². The number of carbonyl (C=O) groups is 1. The lowest BCUT2D eigenvalue weighted by Gasteiger charge is -2.42. The van der Waals surface area contributed by atoms with Crippen molar-refractivity contribution in [1.29, 1.82) is 0 Å². The number of fused-ring (bicyclic) bond motifs is 1. The van der Waals surface area contributed by atoms with Crippen molar-refractivity contribution in [2.75, 3.05) is 32.8 Å². The minimum absolute atomic E-state index is 0.0411. The Kier molecular flexibility index (Phi) is 7.61. The number of rotatable bonds is 5. The maximum absolute atomic E-state index is 13.4. The van der Waals surface area contributed by atoms with Crippen LogP contribution in [0.2, 0.25) is 0 Å². The van der Waals surface area contributed by atoms with Gasteiger partial charge < -0.3 is 10.1 Å². The average Bonchev–Trinajstić information content (AvgIpc) is 3.33. The molecule has 3 heterocycles. The third kappa shape index (κ3) is 5.42. The van der Waals surface area contributed by atoms with Gasteiger partial charge in [0.25, 0.3) is 0 Å². The lowest BCUT2D eigenvalue weighted by molar-refractivity contribution is -0.126. The first-order chi connectivity index (χ1) is 16.0. The van der Waals surface area contributed by atoms with Crippen LogP contribution in [0, 0.1) is 23.7 Å². The van der Waals surface area contributed by atoms with Crippen molar-refractivity contribution < 1.29 is 17.9 Å². The Bertz CT molecular complexity index is 779. The summed E-state index contributed by atoms with van der Waals surface area (Å²) < 4.78 is 34.1. The quantitative estimate of drug-likeness (QED) is 0.552. The Morgan fingerprint density at radius 1 is 0.909 bits per heavy atom. The van der Waals surface area contributed by atoms with Crippen LogP contribution in [0.3, 0.4) is 0 Å². The Balaban J connectivity index is 1.08. The SMILES string of the molecule is O=C(NC1NCC(C2CCCOC2)N1)C1CCC(S(=O)(=O)N2CCC3CCCCC3C2)CC1. The molecule has 0 aromatic heterocycles. The lowest BCUT2D eigenvalue weighted by atomic mass is 9.76. The molecule has 188 valence electrons. The lowest BCUT2D eigenvalue weighted by Crippen LogP contribution is -2.52. The second-order valence-corrected chi connectivity index (χ2v) is 13.3. The molecule has 0 aromatic rings. The van der Waals surface area contributed by atoms with E-state index < -0.39 is 10.0 Å². The highest BCUT2D eigenvalue weighted by Gasteiger charge is 2.41. The molecule has 0 aromatic carbocycles. The number of hydrogen-bond donors (Lipinski definition) is 3. The summed E-state index contributed by atoms with van der Waals surface area (Å²) in [5, 5.41) is 9.66. The summed E-state index contributed by atoms with van der Waals surface area (Å²) in [5.41, 5.74) is 0. The minimum Gasteiger partial charge on any atom is -0.381 e. The zero-order valence-corrected chi connectivity index (χ0v) is 20.7. The van der Waals surface area contributed by atoms with Gasteiger partial charge in [0, 0.05) is 38.2 Å². The van der Waals surface area contributed by atoms with Gasteiger partial charge in [-0.05, 0) is 69.1 Å². The van der Waals surface area contributed by atoms with Gasteiger partial charge in [-0.25, -0.2) is 12.7 Å². The van der Waals surface area contributed by atoms with Crippen LogP contribution in [0.4, 0.5) is 0 Å². The Hall–Kier alpha value is -0.740. The Morgan fingerprint density at radius 3 is 2.42 bits per heavy atom. The Labute approximate surface area is 199 Å². The van der Waals surface area contributed by atoms with Gasteiger partial charge in [-0.15, -0.1) is 0 Å². The van der Waals surface area contributed by atoms with E-state index in [4.69, 9.17) is 4.74 Å². The first kappa shape index (κ1) is 24.0. The number of ether oxygens (including phenoxy) is 1. The minimum atomic E-state index is -3.26. The van der Waals surface area contributed by atoms with Gasteiger partial charge in [-0.2, -0.15) is 0 Å². The third-order valence-corrected chi connectivity index (χ3v) is 11.4. The van der Waals surface area contributed by atoms with Crippen LogP contribution in [0.1, 0.15) is 70.6 Å². The van der Waals surface area contributed by atoms with Crippen molar-refractivity contribution in [3.63, 3.8) is 0 Å². The summed E-state index contributed by atoms with van der Waals surface area (Å²) in [6, 6.07) is 0.324. The first-order valence-corrected chi connectivity index (χ1v) is 14.9. The second-order valence-electron chi connectivity index (χ2n) is 11.1. The first-order valence-electron chi connectivity index (χ1n) is 13.4. The molecular formula is C24H42N4O4S. The molecule has 8 nitrogen and oxygen atoms in total. The monoisotopic (exact) mass is 482 g/mol. The van der Waals surface area contributed by atoms with E-state index in [1.807, 2.05) is 0 Å². The number of nitrogens with zero attached hydrogens (tertiary/aromatic N) is 1. The molecule has 33 heavy (non-hydrogen) atoms.